The maximum Gasteiger partial charge on any atom is 0.252 e. The number of ether oxygens (including phenoxy) is 1. The van der Waals surface area contributed by atoms with Crippen molar-refractivity contribution in [3.63, 3.8) is 0 Å². The summed E-state index contributed by atoms with van der Waals surface area (Å²) in [5.41, 5.74) is 1.52. The van der Waals surface area contributed by atoms with E-state index in [0.717, 1.165) is 5.56 Å². The molecule has 0 spiro atoms. The maximum absolute atomic E-state index is 12.6. The van der Waals surface area contributed by atoms with Gasteiger partial charge in [-0.15, -0.1) is 11.3 Å². The second-order valence-electron chi connectivity index (χ2n) is 7.08. The number of anilines is 1. The van der Waals surface area contributed by atoms with Gasteiger partial charge in [-0.2, -0.15) is 4.31 Å². The van der Waals surface area contributed by atoms with Gasteiger partial charge in [0.25, 0.3) is 10.0 Å². The molecule has 1 aliphatic heterocycles. The molecule has 0 saturated carbocycles. The first-order valence-electron chi connectivity index (χ1n) is 9.57. The van der Waals surface area contributed by atoms with E-state index in [1.807, 2.05) is 13.0 Å². The molecule has 1 aliphatic rings. The van der Waals surface area contributed by atoms with Crippen molar-refractivity contribution in [2.45, 2.75) is 24.0 Å². The number of amides is 2. The van der Waals surface area contributed by atoms with Crippen LogP contribution in [0.5, 0.6) is 5.75 Å². The molecule has 2 heterocycles. The predicted molar refractivity (Wildman–Crippen MR) is 115 cm³/mol. The number of carbonyl (C=O) groups excluding carboxylic acids is 2. The van der Waals surface area contributed by atoms with Crippen LogP contribution < -0.4 is 15.4 Å². The number of rotatable bonds is 7. The monoisotopic (exact) mass is 451 g/mol. The van der Waals surface area contributed by atoms with Crippen LogP contribution in [-0.4, -0.2) is 51.3 Å². The van der Waals surface area contributed by atoms with Crippen molar-refractivity contribution in [1.82, 2.24) is 9.62 Å². The summed E-state index contributed by atoms with van der Waals surface area (Å²) < 4.78 is 32.1. The van der Waals surface area contributed by atoms with Gasteiger partial charge in [0.15, 0.2) is 0 Å². The number of hydrogen-bond donors (Lipinski definition) is 2. The van der Waals surface area contributed by atoms with Crippen LogP contribution in [0.2, 0.25) is 0 Å². The van der Waals surface area contributed by atoms with Gasteiger partial charge in [-0.05, 0) is 48.9 Å². The van der Waals surface area contributed by atoms with E-state index in [1.165, 1.54) is 22.8 Å². The number of benzene rings is 1. The fraction of sp³-hybridized carbons (Fsp3) is 0.400. The van der Waals surface area contributed by atoms with Gasteiger partial charge >= 0.3 is 0 Å². The SMILES string of the molecule is COc1ccc(C)cc1NC(=O)CNC(=O)C1CCN(S(=O)(=O)c2cccs2)CC1. The molecule has 8 nitrogen and oxygen atoms in total. The van der Waals surface area contributed by atoms with Crippen LogP contribution in [0.4, 0.5) is 5.69 Å². The molecule has 10 heteroatoms. The zero-order valence-corrected chi connectivity index (χ0v) is 18.5. The number of hydrogen-bond acceptors (Lipinski definition) is 6. The largest absolute Gasteiger partial charge is 0.495 e. The minimum atomic E-state index is -3.49. The van der Waals surface area contributed by atoms with Gasteiger partial charge in [0.1, 0.15) is 9.96 Å². The number of piperidine rings is 1. The Morgan fingerprint density at radius 2 is 1.97 bits per heavy atom. The molecule has 1 fully saturated rings. The lowest BCUT2D eigenvalue weighted by molar-refractivity contribution is -0.128. The summed E-state index contributed by atoms with van der Waals surface area (Å²) in [7, 11) is -1.97. The van der Waals surface area contributed by atoms with E-state index in [4.69, 9.17) is 4.74 Å². The first-order chi connectivity index (χ1) is 14.3. The van der Waals surface area contributed by atoms with E-state index in [9.17, 15) is 18.0 Å². The van der Waals surface area contributed by atoms with Crippen molar-refractivity contribution in [3.05, 3.63) is 41.3 Å². The number of methoxy groups -OCH3 is 1. The molecule has 1 saturated heterocycles. The molecular formula is C20H25N3O5S2. The van der Waals surface area contributed by atoms with Crippen LogP contribution in [0.3, 0.4) is 0 Å². The van der Waals surface area contributed by atoms with E-state index in [-0.39, 0.29) is 37.4 Å². The van der Waals surface area contributed by atoms with E-state index in [0.29, 0.717) is 28.5 Å². The van der Waals surface area contributed by atoms with Crippen LogP contribution in [0, 0.1) is 12.8 Å². The number of carbonyl (C=O) groups is 2. The van der Waals surface area contributed by atoms with Crippen molar-refractivity contribution >= 4 is 38.9 Å². The van der Waals surface area contributed by atoms with Gasteiger partial charge in [-0.25, -0.2) is 8.42 Å². The standard InChI is InChI=1S/C20H25N3O5S2/c1-14-5-6-17(28-2)16(12-14)22-18(24)13-21-20(25)15-7-9-23(10-8-15)30(26,27)19-4-3-11-29-19/h3-6,11-12,15H,7-10,13H2,1-2H3,(H,21,25)(H,22,24). The molecule has 0 aliphatic carbocycles. The molecule has 0 atom stereocenters. The summed E-state index contributed by atoms with van der Waals surface area (Å²) >= 11 is 1.18. The van der Waals surface area contributed by atoms with E-state index in [1.54, 1.807) is 29.6 Å². The molecule has 3 rings (SSSR count). The Balaban J connectivity index is 1.48. The molecule has 2 aromatic rings. The van der Waals surface area contributed by atoms with E-state index in [2.05, 4.69) is 10.6 Å². The molecular weight excluding hydrogens is 426 g/mol. The highest BCUT2D eigenvalue weighted by Gasteiger charge is 2.32. The first kappa shape index (κ1) is 22.3. The first-order valence-corrected chi connectivity index (χ1v) is 11.9. The van der Waals surface area contributed by atoms with Gasteiger partial charge < -0.3 is 15.4 Å². The second kappa shape index (κ2) is 9.59. The number of aryl methyl sites for hydroxylation is 1. The lowest BCUT2D eigenvalue weighted by atomic mass is 9.97. The van der Waals surface area contributed by atoms with E-state index >= 15 is 0 Å². The van der Waals surface area contributed by atoms with Crippen molar-refractivity contribution in [1.29, 1.82) is 0 Å². The lowest BCUT2D eigenvalue weighted by Gasteiger charge is -2.30. The highest BCUT2D eigenvalue weighted by Crippen LogP contribution is 2.27. The average Bonchev–Trinajstić information content (AvgIpc) is 3.28. The number of nitrogens with one attached hydrogen (secondary N) is 2. The van der Waals surface area contributed by atoms with E-state index < -0.39 is 10.0 Å². The third-order valence-electron chi connectivity index (χ3n) is 4.97. The fourth-order valence-corrected chi connectivity index (χ4v) is 5.94. The Morgan fingerprint density at radius 3 is 2.60 bits per heavy atom. The lowest BCUT2D eigenvalue weighted by Crippen LogP contribution is -2.44. The summed E-state index contributed by atoms with van der Waals surface area (Å²) in [4.78, 5) is 24.7. The summed E-state index contributed by atoms with van der Waals surface area (Å²) in [6.45, 7) is 2.31. The van der Waals surface area contributed by atoms with Crippen molar-refractivity contribution in [3.8, 4) is 5.75 Å². The fourth-order valence-electron chi connectivity index (χ4n) is 3.32. The Bertz CT molecular complexity index is 997. The molecule has 30 heavy (non-hydrogen) atoms. The van der Waals surface area contributed by atoms with Crippen LogP contribution in [-0.2, 0) is 19.6 Å². The Morgan fingerprint density at radius 1 is 1.23 bits per heavy atom. The third-order valence-corrected chi connectivity index (χ3v) is 8.24. The molecule has 162 valence electrons. The van der Waals surface area contributed by atoms with Crippen LogP contribution in [0.1, 0.15) is 18.4 Å². The topological polar surface area (TPSA) is 105 Å². The third kappa shape index (κ3) is 5.18. The van der Waals surface area contributed by atoms with Gasteiger partial charge in [-0.1, -0.05) is 12.1 Å². The highest BCUT2D eigenvalue weighted by atomic mass is 32.2. The number of nitrogens with zero attached hydrogens (tertiary/aromatic N) is 1. The van der Waals surface area contributed by atoms with Crippen LogP contribution in [0.25, 0.3) is 0 Å². The van der Waals surface area contributed by atoms with Crippen LogP contribution >= 0.6 is 11.3 Å². The maximum atomic E-state index is 12.6. The van der Waals surface area contributed by atoms with Crippen LogP contribution in [0.15, 0.2) is 39.9 Å². The molecule has 0 radical (unpaired) electrons. The molecule has 0 unspecified atom stereocenters. The van der Waals surface area contributed by atoms with Crippen molar-refractivity contribution in [2.24, 2.45) is 5.92 Å². The van der Waals surface area contributed by atoms with Crippen molar-refractivity contribution in [2.75, 3.05) is 32.1 Å². The molecule has 1 aromatic carbocycles. The quantitative estimate of drug-likeness (QED) is 0.672. The summed E-state index contributed by atoms with van der Waals surface area (Å²) in [6, 6.07) is 8.72. The van der Waals surface area contributed by atoms with Gasteiger partial charge in [0.2, 0.25) is 11.8 Å². The number of thiophene rings is 1. The number of sulfonamides is 1. The normalized spacial score (nSPS) is 15.5. The summed E-state index contributed by atoms with van der Waals surface area (Å²) in [5.74, 6) is -0.375. The average molecular weight is 452 g/mol. The minimum Gasteiger partial charge on any atom is -0.495 e. The summed E-state index contributed by atoms with van der Waals surface area (Å²) in [5, 5.41) is 7.11. The summed E-state index contributed by atoms with van der Waals surface area (Å²) in [6.07, 6.45) is 0.841. The Kier molecular flexibility index (Phi) is 7.11. The Hall–Kier alpha value is -2.43. The zero-order valence-electron chi connectivity index (χ0n) is 16.9. The molecule has 0 bridgehead atoms. The zero-order chi connectivity index (χ0) is 21.7. The molecule has 1 aromatic heterocycles. The molecule has 2 amide bonds. The van der Waals surface area contributed by atoms with Gasteiger partial charge in [0.05, 0.1) is 19.3 Å². The van der Waals surface area contributed by atoms with Crippen molar-refractivity contribution < 1.29 is 22.7 Å². The van der Waals surface area contributed by atoms with Gasteiger partial charge in [0, 0.05) is 19.0 Å². The highest BCUT2D eigenvalue weighted by molar-refractivity contribution is 7.91. The molecule has 2 N–H and O–H groups in total. The Labute approximate surface area is 180 Å². The van der Waals surface area contributed by atoms with Gasteiger partial charge in [-0.3, -0.25) is 9.59 Å². The second-order valence-corrected chi connectivity index (χ2v) is 10.2. The minimum absolute atomic E-state index is 0.163. The smallest absolute Gasteiger partial charge is 0.252 e. The predicted octanol–water partition coefficient (Wildman–Crippen LogP) is 2.22.